The van der Waals surface area contributed by atoms with Gasteiger partial charge in [-0.25, -0.2) is 0 Å². The second-order valence-electron chi connectivity index (χ2n) is 5.56. The molecular weight excluding hydrogens is 302 g/mol. The van der Waals surface area contributed by atoms with Crippen molar-refractivity contribution in [2.24, 2.45) is 5.92 Å². The maximum atomic E-state index is 11.6. The average Bonchev–Trinajstić information content (AvgIpc) is 2.49. The molecule has 0 aliphatic heterocycles. The molecule has 0 atom stereocenters. The number of nitro benzene ring substituents is 1. The minimum atomic E-state index is -0.544. The molecule has 1 aromatic carbocycles. The molecule has 7 heteroatoms. The minimum absolute atomic E-state index is 0.0178. The molecule has 0 heterocycles. The van der Waals surface area contributed by atoms with Gasteiger partial charge < -0.3 is 9.47 Å². The molecule has 0 bridgehead atoms. The van der Waals surface area contributed by atoms with Crippen LogP contribution < -0.4 is 0 Å². The summed E-state index contributed by atoms with van der Waals surface area (Å²) in [6.45, 7) is 5.70. The number of nitro groups is 1. The number of hydrogen-bond acceptors (Lipinski definition) is 6. The summed E-state index contributed by atoms with van der Waals surface area (Å²) in [6.07, 6.45) is -0.121. The molecule has 0 aromatic heterocycles. The molecule has 1 rings (SSSR count). The fraction of sp³-hybridized carbons (Fsp3) is 0.500. The first-order chi connectivity index (χ1) is 10.8. The van der Waals surface area contributed by atoms with Crippen LogP contribution in [-0.2, 0) is 25.7 Å². The molecule has 0 amide bonds. The van der Waals surface area contributed by atoms with E-state index in [9.17, 15) is 19.7 Å². The SMILES string of the molecule is Cc1c(COC(=O)CCC(=O)OCC(C)C)cccc1[N+](=O)[O-]. The van der Waals surface area contributed by atoms with Crippen molar-refractivity contribution < 1.29 is 24.0 Å². The summed E-state index contributed by atoms with van der Waals surface area (Å²) < 4.78 is 10.0. The number of ether oxygens (including phenoxy) is 2. The van der Waals surface area contributed by atoms with E-state index in [0.29, 0.717) is 17.7 Å². The van der Waals surface area contributed by atoms with Gasteiger partial charge in [0, 0.05) is 11.6 Å². The van der Waals surface area contributed by atoms with E-state index in [1.54, 1.807) is 13.0 Å². The second kappa shape index (κ2) is 8.87. The smallest absolute Gasteiger partial charge is 0.306 e. The summed E-state index contributed by atoms with van der Waals surface area (Å²) >= 11 is 0. The molecule has 0 aliphatic carbocycles. The molecule has 1 aromatic rings. The van der Waals surface area contributed by atoms with E-state index in [-0.39, 0.29) is 31.1 Å². The third-order valence-electron chi connectivity index (χ3n) is 3.11. The fourth-order valence-corrected chi connectivity index (χ4v) is 1.79. The quantitative estimate of drug-likeness (QED) is 0.414. The van der Waals surface area contributed by atoms with Gasteiger partial charge in [-0.05, 0) is 18.4 Å². The van der Waals surface area contributed by atoms with Gasteiger partial charge in [-0.3, -0.25) is 19.7 Å². The van der Waals surface area contributed by atoms with Gasteiger partial charge in [0.2, 0.25) is 0 Å². The monoisotopic (exact) mass is 323 g/mol. The molecule has 0 spiro atoms. The second-order valence-corrected chi connectivity index (χ2v) is 5.56. The Morgan fingerprint density at radius 3 is 2.35 bits per heavy atom. The molecular formula is C16H21NO6. The van der Waals surface area contributed by atoms with Crippen LogP contribution in [0.15, 0.2) is 18.2 Å². The zero-order valence-electron chi connectivity index (χ0n) is 13.5. The van der Waals surface area contributed by atoms with Crippen molar-refractivity contribution in [3.8, 4) is 0 Å². The maximum Gasteiger partial charge on any atom is 0.306 e. The van der Waals surface area contributed by atoms with Gasteiger partial charge in [-0.15, -0.1) is 0 Å². The zero-order valence-corrected chi connectivity index (χ0v) is 13.5. The van der Waals surface area contributed by atoms with Gasteiger partial charge in [0.25, 0.3) is 5.69 Å². The lowest BCUT2D eigenvalue weighted by Gasteiger charge is -2.09. The van der Waals surface area contributed by atoms with Gasteiger partial charge in [-0.1, -0.05) is 26.0 Å². The van der Waals surface area contributed by atoms with E-state index >= 15 is 0 Å². The lowest BCUT2D eigenvalue weighted by atomic mass is 10.1. The molecule has 0 unspecified atom stereocenters. The predicted octanol–water partition coefficient (Wildman–Crippen LogP) is 2.93. The summed E-state index contributed by atoms with van der Waals surface area (Å²) in [5.41, 5.74) is 1.01. The van der Waals surface area contributed by atoms with Crippen molar-refractivity contribution in [1.82, 2.24) is 0 Å². The summed E-state index contributed by atoms with van der Waals surface area (Å²) in [4.78, 5) is 33.4. The fourth-order valence-electron chi connectivity index (χ4n) is 1.79. The third kappa shape index (κ3) is 6.46. The lowest BCUT2D eigenvalue weighted by molar-refractivity contribution is -0.385. The van der Waals surface area contributed by atoms with Crippen LogP contribution in [0.5, 0.6) is 0 Å². The van der Waals surface area contributed by atoms with Crippen LogP contribution in [0.4, 0.5) is 5.69 Å². The average molecular weight is 323 g/mol. The first-order valence-corrected chi connectivity index (χ1v) is 7.35. The summed E-state index contributed by atoms with van der Waals surface area (Å²) in [7, 11) is 0. The molecule has 126 valence electrons. The molecule has 0 N–H and O–H groups in total. The highest BCUT2D eigenvalue weighted by Crippen LogP contribution is 2.21. The van der Waals surface area contributed by atoms with Crippen molar-refractivity contribution in [2.45, 2.75) is 40.2 Å². The predicted molar refractivity (Wildman–Crippen MR) is 82.7 cm³/mol. The molecule has 7 nitrogen and oxygen atoms in total. The topological polar surface area (TPSA) is 95.7 Å². The Morgan fingerprint density at radius 1 is 1.17 bits per heavy atom. The van der Waals surface area contributed by atoms with Crippen molar-refractivity contribution in [3.05, 3.63) is 39.4 Å². The molecule has 0 radical (unpaired) electrons. The Bertz CT molecular complexity index is 582. The molecule has 23 heavy (non-hydrogen) atoms. The van der Waals surface area contributed by atoms with E-state index < -0.39 is 16.9 Å². The van der Waals surface area contributed by atoms with Crippen LogP contribution in [0.25, 0.3) is 0 Å². The van der Waals surface area contributed by atoms with E-state index in [4.69, 9.17) is 9.47 Å². The number of benzene rings is 1. The summed E-state index contributed by atoms with van der Waals surface area (Å²) in [5.74, 6) is -0.748. The largest absolute Gasteiger partial charge is 0.465 e. The molecule has 0 saturated carbocycles. The first-order valence-electron chi connectivity index (χ1n) is 7.35. The normalized spacial score (nSPS) is 10.4. The number of carbonyl (C=O) groups is 2. The number of carbonyl (C=O) groups excluding carboxylic acids is 2. The molecule has 0 aliphatic rings. The van der Waals surface area contributed by atoms with Gasteiger partial charge in [-0.2, -0.15) is 0 Å². The summed E-state index contributed by atoms with van der Waals surface area (Å²) in [6, 6.07) is 4.59. The Morgan fingerprint density at radius 2 is 1.78 bits per heavy atom. The Labute approximate surface area is 134 Å². The maximum absolute atomic E-state index is 11.6. The van der Waals surface area contributed by atoms with Crippen LogP contribution >= 0.6 is 0 Å². The number of rotatable bonds is 8. The van der Waals surface area contributed by atoms with E-state index in [1.165, 1.54) is 12.1 Å². The van der Waals surface area contributed by atoms with Crippen molar-refractivity contribution >= 4 is 17.6 Å². The highest BCUT2D eigenvalue weighted by molar-refractivity contribution is 5.77. The van der Waals surface area contributed by atoms with Crippen LogP contribution in [0.1, 0.15) is 37.8 Å². The van der Waals surface area contributed by atoms with Crippen molar-refractivity contribution in [1.29, 1.82) is 0 Å². The van der Waals surface area contributed by atoms with Gasteiger partial charge in [0.05, 0.1) is 24.4 Å². The van der Waals surface area contributed by atoms with Crippen LogP contribution in [0.3, 0.4) is 0 Å². The van der Waals surface area contributed by atoms with Crippen molar-refractivity contribution in [3.63, 3.8) is 0 Å². The molecule has 0 fully saturated rings. The standard InChI is InChI=1S/C16H21NO6/c1-11(2)9-22-15(18)7-8-16(19)23-10-13-5-4-6-14(12(13)3)17(20)21/h4-6,11H,7-10H2,1-3H3. The molecule has 0 saturated heterocycles. The number of nitrogens with zero attached hydrogens (tertiary/aromatic N) is 1. The zero-order chi connectivity index (χ0) is 17.4. The Kier molecular flexibility index (Phi) is 7.18. The highest BCUT2D eigenvalue weighted by Gasteiger charge is 2.15. The van der Waals surface area contributed by atoms with Crippen LogP contribution in [-0.4, -0.2) is 23.5 Å². The lowest BCUT2D eigenvalue weighted by Crippen LogP contribution is -2.13. The van der Waals surface area contributed by atoms with Gasteiger partial charge in [0.15, 0.2) is 0 Å². The summed E-state index contributed by atoms with van der Waals surface area (Å²) in [5, 5.41) is 10.8. The number of hydrogen-bond donors (Lipinski definition) is 0. The van der Waals surface area contributed by atoms with E-state index in [0.717, 1.165) is 0 Å². The van der Waals surface area contributed by atoms with E-state index in [2.05, 4.69) is 0 Å². The van der Waals surface area contributed by atoms with Gasteiger partial charge >= 0.3 is 11.9 Å². The van der Waals surface area contributed by atoms with Gasteiger partial charge in [0.1, 0.15) is 6.61 Å². The Hall–Kier alpha value is -2.44. The first kappa shape index (κ1) is 18.6. The number of esters is 2. The van der Waals surface area contributed by atoms with Crippen LogP contribution in [0, 0.1) is 23.0 Å². The third-order valence-corrected chi connectivity index (χ3v) is 3.11. The van der Waals surface area contributed by atoms with E-state index in [1.807, 2.05) is 13.8 Å². The minimum Gasteiger partial charge on any atom is -0.465 e. The van der Waals surface area contributed by atoms with Crippen LogP contribution in [0.2, 0.25) is 0 Å². The van der Waals surface area contributed by atoms with Crippen molar-refractivity contribution in [2.75, 3.05) is 6.61 Å². The Balaban J connectivity index is 2.44. The highest BCUT2D eigenvalue weighted by atomic mass is 16.6.